The maximum absolute atomic E-state index is 11.4. The van der Waals surface area contributed by atoms with Gasteiger partial charge in [-0.2, -0.15) is 5.10 Å². The van der Waals surface area contributed by atoms with E-state index in [4.69, 9.17) is 0 Å². The van der Waals surface area contributed by atoms with Crippen LogP contribution in [0.15, 0.2) is 0 Å². The zero-order valence-corrected chi connectivity index (χ0v) is 12.5. The summed E-state index contributed by atoms with van der Waals surface area (Å²) in [5.74, 6) is -1.15. The Balaban J connectivity index is 2.64. The largest absolute Gasteiger partial charge is 0.476 e. The fourth-order valence-corrected chi connectivity index (χ4v) is 2.28. The van der Waals surface area contributed by atoms with Crippen LogP contribution in [0.1, 0.15) is 35.2 Å². The summed E-state index contributed by atoms with van der Waals surface area (Å²) < 4.78 is 3.12. The van der Waals surface area contributed by atoms with Gasteiger partial charge in [0.25, 0.3) is 0 Å². The number of carboxylic acids is 1. The first kappa shape index (κ1) is 15.2. The van der Waals surface area contributed by atoms with Gasteiger partial charge in [-0.05, 0) is 20.3 Å². The van der Waals surface area contributed by atoms with Crippen molar-refractivity contribution in [2.75, 3.05) is 0 Å². The highest BCUT2D eigenvalue weighted by atomic mass is 16.4. The lowest BCUT2D eigenvalue weighted by Crippen LogP contribution is -2.17. The van der Waals surface area contributed by atoms with Gasteiger partial charge in [-0.15, -0.1) is 5.10 Å². The normalized spacial score (nSPS) is 12.6. The molecule has 0 aliphatic carbocycles. The molecule has 2 N–H and O–H groups in total. The van der Waals surface area contributed by atoms with E-state index in [0.29, 0.717) is 23.4 Å². The fraction of sp³-hybridized carbons (Fsp3) is 0.538. The molecular weight excluding hydrogens is 274 g/mol. The number of rotatable bonds is 5. The first-order chi connectivity index (χ1) is 9.86. The van der Waals surface area contributed by atoms with Crippen molar-refractivity contribution in [3.05, 3.63) is 17.1 Å². The smallest absolute Gasteiger partial charge is 0.358 e. The zero-order valence-electron chi connectivity index (χ0n) is 12.5. The van der Waals surface area contributed by atoms with E-state index < -0.39 is 12.1 Å². The minimum atomic E-state index is -1.15. The molecule has 0 radical (unpaired) electrons. The highest BCUT2D eigenvalue weighted by Gasteiger charge is 2.26. The van der Waals surface area contributed by atoms with Crippen molar-refractivity contribution in [1.82, 2.24) is 24.8 Å². The number of aliphatic hydroxyl groups excluding tert-OH is 1. The van der Waals surface area contributed by atoms with E-state index in [1.807, 2.05) is 20.8 Å². The molecule has 2 heterocycles. The molecule has 0 fully saturated rings. The van der Waals surface area contributed by atoms with Gasteiger partial charge in [0.2, 0.25) is 0 Å². The van der Waals surface area contributed by atoms with Crippen molar-refractivity contribution >= 4 is 5.97 Å². The van der Waals surface area contributed by atoms with E-state index in [0.717, 1.165) is 5.69 Å². The van der Waals surface area contributed by atoms with Gasteiger partial charge in [0.05, 0.1) is 18.3 Å². The minimum Gasteiger partial charge on any atom is -0.476 e. The van der Waals surface area contributed by atoms with E-state index in [1.54, 1.807) is 11.7 Å². The quantitative estimate of drug-likeness (QED) is 0.843. The number of carboxylic acid groups (broad SMARTS) is 1. The molecule has 21 heavy (non-hydrogen) atoms. The van der Waals surface area contributed by atoms with Crippen LogP contribution in [0.25, 0.3) is 11.3 Å². The molecule has 0 aliphatic rings. The van der Waals surface area contributed by atoms with Gasteiger partial charge in [0.15, 0.2) is 5.69 Å². The van der Waals surface area contributed by atoms with E-state index in [9.17, 15) is 15.0 Å². The van der Waals surface area contributed by atoms with Crippen molar-refractivity contribution in [2.45, 2.75) is 39.8 Å². The molecule has 2 aromatic heterocycles. The molecule has 0 saturated carbocycles. The van der Waals surface area contributed by atoms with E-state index in [-0.39, 0.29) is 12.2 Å². The molecule has 0 aromatic carbocycles. The van der Waals surface area contributed by atoms with Crippen LogP contribution in [0.4, 0.5) is 0 Å². The van der Waals surface area contributed by atoms with Crippen LogP contribution in [-0.4, -0.2) is 47.1 Å². The van der Waals surface area contributed by atoms with Crippen LogP contribution in [0.5, 0.6) is 0 Å². The molecule has 2 aromatic rings. The summed E-state index contributed by atoms with van der Waals surface area (Å²) in [5, 5.41) is 31.1. The van der Waals surface area contributed by atoms with Gasteiger partial charge in [0.1, 0.15) is 5.69 Å². The fourth-order valence-electron chi connectivity index (χ4n) is 2.28. The second-order valence-electron chi connectivity index (χ2n) is 5.01. The minimum absolute atomic E-state index is 0.127. The Kier molecular flexibility index (Phi) is 4.08. The van der Waals surface area contributed by atoms with Crippen LogP contribution in [0.2, 0.25) is 0 Å². The summed E-state index contributed by atoms with van der Waals surface area (Å²) in [6.45, 7) is 5.70. The average Bonchev–Trinajstić information content (AvgIpc) is 2.92. The number of aliphatic hydroxyl groups is 1. The molecule has 2 rings (SSSR count). The van der Waals surface area contributed by atoms with Gasteiger partial charge in [-0.3, -0.25) is 4.68 Å². The monoisotopic (exact) mass is 293 g/mol. The lowest BCUT2D eigenvalue weighted by Gasteiger charge is -2.11. The van der Waals surface area contributed by atoms with Crippen molar-refractivity contribution in [2.24, 2.45) is 7.05 Å². The van der Waals surface area contributed by atoms with Crippen LogP contribution in [0, 0.1) is 13.8 Å². The van der Waals surface area contributed by atoms with Gasteiger partial charge in [-0.25, -0.2) is 9.48 Å². The predicted molar refractivity (Wildman–Crippen MR) is 75.0 cm³/mol. The Labute approximate surface area is 122 Å². The molecule has 8 heteroatoms. The number of carbonyl (C=O) groups is 1. The molecule has 0 amide bonds. The van der Waals surface area contributed by atoms with Crippen LogP contribution >= 0.6 is 0 Å². The second-order valence-corrected chi connectivity index (χ2v) is 5.01. The highest BCUT2D eigenvalue weighted by molar-refractivity contribution is 5.93. The summed E-state index contributed by atoms with van der Waals surface area (Å²) in [6.07, 6.45) is -0.0587. The van der Waals surface area contributed by atoms with Gasteiger partial charge >= 0.3 is 5.97 Å². The Morgan fingerprint density at radius 3 is 2.52 bits per heavy atom. The molecule has 8 nitrogen and oxygen atoms in total. The topological polar surface area (TPSA) is 106 Å². The van der Waals surface area contributed by atoms with Crippen LogP contribution in [0.3, 0.4) is 0 Å². The Bertz CT molecular complexity index is 674. The molecule has 1 atom stereocenters. The Morgan fingerprint density at radius 1 is 1.38 bits per heavy atom. The van der Waals surface area contributed by atoms with Crippen molar-refractivity contribution in [3.63, 3.8) is 0 Å². The number of nitrogens with zero attached hydrogens (tertiary/aromatic N) is 5. The number of hydrogen-bond acceptors (Lipinski definition) is 5. The predicted octanol–water partition coefficient (Wildman–Crippen LogP) is 0.765. The molecule has 1 unspecified atom stereocenters. The third-order valence-electron chi connectivity index (χ3n) is 3.54. The highest BCUT2D eigenvalue weighted by Crippen LogP contribution is 2.29. The first-order valence-corrected chi connectivity index (χ1v) is 6.72. The van der Waals surface area contributed by atoms with Crippen LogP contribution < -0.4 is 0 Å². The maximum atomic E-state index is 11.4. The molecular formula is C13H19N5O3. The standard InChI is InChI=1S/C13H19N5O3/c1-5-9(19)6-18-12(11(13(20)21)14-16-18)10-7(2)15-17(4)8(10)3/h9,19H,5-6H2,1-4H3,(H,20,21). The lowest BCUT2D eigenvalue weighted by atomic mass is 10.1. The van der Waals surface area contributed by atoms with Gasteiger partial charge in [0, 0.05) is 18.3 Å². The number of hydrogen-bond donors (Lipinski definition) is 2. The average molecular weight is 293 g/mol. The van der Waals surface area contributed by atoms with E-state index >= 15 is 0 Å². The molecule has 114 valence electrons. The van der Waals surface area contributed by atoms with Crippen molar-refractivity contribution in [3.8, 4) is 11.3 Å². The number of aromatic nitrogens is 5. The maximum Gasteiger partial charge on any atom is 0.358 e. The van der Waals surface area contributed by atoms with E-state index in [1.165, 1.54) is 4.68 Å². The molecule has 0 aliphatic heterocycles. The summed E-state index contributed by atoms with van der Waals surface area (Å²) >= 11 is 0. The summed E-state index contributed by atoms with van der Waals surface area (Å²) in [7, 11) is 1.79. The van der Waals surface area contributed by atoms with Gasteiger partial charge in [-0.1, -0.05) is 12.1 Å². The first-order valence-electron chi connectivity index (χ1n) is 6.72. The molecule has 0 saturated heterocycles. The summed E-state index contributed by atoms with van der Waals surface area (Å²) in [5.41, 5.74) is 2.48. The summed E-state index contributed by atoms with van der Waals surface area (Å²) in [4.78, 5) is 11.4. The Hall–Kier alpha value is -2.22. The second kappa shape index (κ2) is 5.65. The third-order valence-corrected chi connectivity index (χ3v) is 3.54. The third kappa shape index (κ3) is 2.66. The van der Waals surface area contributed by atoms with Crippen molar-refractivity contribution in [1.29, 1.82) is 0 Å². The van der Waals surface area contributed by atoms with Gasteiger partial charge < -0.3 is 10.2 Å². The zero-order chi connectivity index (χ0) is 15.7. The van der Waals surface area contributed by atoms with E-state index in [2.05, 4.69) is 15.4 Å². The SMILES string of the molecule is CCC(O)Cn1nnc(C(=O)O)c1-c1c(C)nn(C)c1C. The molecule has 0 bridgehead atoms. The van der Waals surface area contributed by atoms with Crippen molar-refractivity contribution < 1.29 is 15.0 Å². The van der Waals surface area contributed by atoms with Crippen LogP contribution in [-0.2, 0) is 13.6 Å². The Morgan fingerprint density at radius 2 is 2.05 bits per heavy atom. The number of aromatic carboxylic acids is 1. The summed E-state index contributed by atoms with van der Waals surface area (Å²) in [6, 6.07) is 0. The molecule has 0 spiro atoms. The lowest BCUT2D eigenvalue weighted by molar-refractivity contribution is 0.0691. The number of aryl methyl sites for hydroxylation is 2.